The van der Waals surface area contributed by atoms with Crippen LogP contribution in [0.5, 0.6) is 0 Å². The van der Waals surface area contributed by atoms with Crippen LogP contribution in [0.15, 0.2) is 42.5 Å². The smallest absolute Gasteiger partial charge is 0.362 e. The van der Waals surface area contributed by atoms with Crippen LogP contribution in [0.3, 0.4) is 0 Å². The largest absolute Gasteiger partial charge is 0.493 e. The molecule has 0 bridgehead atoms. The highest BCUT2D eigenvalue weighted by Gasteiger charge is 2.44. The molecule has 13 heteroatoms. The van der Waals surface area contributed by atoms with Crippen LogP contribution in [-0.4, -0.2) is 59.8 Å². The summed E-state index contributed by atoms with van der Waals surface area (Å²) >= 11 is 12.1. The van der Waals surface area contributed by atoms with E-state index >= 15 is 0 Å². The Morgan fingerprint density at radius 2 is 1.65 bits per heavy atom. The second kappa shape index (κ2) is 12.5. The number of aromatic nitrogens is 2. The number of para-hydroxylation sites is 1. The van der Waals surface area contributed by atoms with E-state index in [0.29, 0.717) is 17.4 Å². The molecule has 1 N–H and O–H groups in total. The first-order chi connectivity index (χ1) is 18.9. The van der Waals surface area contributed by atoms with E-state index in [1.54, 1.807) is 0 Å². The molecule has 4 rings (SSSR count). The van der Waals surface area contributed by atoms with Crippen LogP contribution in [0, 0.1) is 5.92 Å². The molecule has 2 aromatic carbocycles. The number of halogens is 5. The Bertz CT molecular complexity index is 1360. The predicted octanol–water partition coefficient (Wildman–Crippen LogP) is 6.53. The first kappa shape index (κ1) is 29.7. The molecular weight excluding hydrogens is 570 g/mol. The average molecular weight is 598 g/mol. The minimum Gasteiger partial charge on any atom is -0.362 e. The molecule has 3 aromatic rings. The summed E-state index contributed by atoms with van der Waals surface area (Å²) in [5, 5.41) is 4.63. The molecule has 40 heavy (non-hydrogen) atoms. The summed E-state index contributed by atoms with van der Waals surface area (Å²) in [4.78, 5) is 40.3. The van der Waals surface area contributed by atoms with Gasteiger partial charge in [-0.2, -0.15) is 23.2 Å². The average Bonchev–Trinajstić information content (AvgIpc) is 2.90. The Hall–Kier alpha value is -3.31. The molecule has 0 saturated heterocycles. The summed E-state index contributed by atoms with van der Waals surface area (Å²) in [6, 6.07) is 12.1. The third-order valence-electron chi connectivity index (χ3n) is 6.75. The molecular formula is C27H28Cl2F3N5O3. The predicted molar refractivity (Wildman–Crippen MR) is 147 cm³/mol. The third-order valence-corrected chi connectivity index (χ3v) is 7.38. The van der Waals surface area contributed by atoms with Crippen LogP contribution in [0.2, 0.25) is 10.0 Å². The lowest BCUT2D eigenvalue weighted by Gasteiger charge is -2.31. The maximum atomic E-state index is 13.0. The number of alkyl halides is 3. The monoisotopic (exact) mass is 597 g/mol. The normalized spacial score (nSPS) is 17.4. The van der Waals surface area contributed by atoms with Gasteiger partial charge >= 0.3 is 12.1 Å². The summed E-state index contributed by atoms with van der Waals surface area (Å²) in [7, 11) is 3.84. The van der Waals surface area contributed by atoms with Gasteiger partial charge in [-0.15, -0.1) is 0 Å². The summed E-state index contributed by atoms with van der Waals surface area (Å²) in [5.74, 6) is -2.09. The Morgan fingerprint density at radius 1 is 1.00 bits per heavy atom. The Balaban J connectivity index is 1.39. The number of benzene rings is 2. The summed E-state index contributed by atoms with van der Waals surface area (Å²) in [5.41, 5.74) is 0.593. The SMILES string of the molecule is CN(C)c1nc(NC2CCC(CCN(OC(=O)C(F)(F)F)C(=O)c3c(Cl)cccc3Cl)CC2)nc2ccccc12. The maximum absolute atomic E-state index is 13.0. The van der Waals surface area contributed by atoms with Gasteiger partial charge in [-0.25, -0.2) is 9.78 Å². The van der Waals surface area contributed by atoms with Crippen LogP contribution >= 0.6 is 23.2 Å². The van der Waals surface area contributed by atoms with Crippen molar-refractivity contribution >= 4 is 57.7 Å². The molecule has 1 aliphatic carbocycles. The van der Waals surface area contributed by atoms with Crippen molar-refractivity contribution in [2.45, 2.75) is 44.3 Å². The number of anilines is 2. The lowest BCUT2D eigenvalue weighted by Crippen LogP contribution is -2.40. The van der Waals surface area contributed by atoms with Crippen molar-refractivity contribution in [2.75, 3.05) is 30.9 Å². The number of carbonyl (C=O) groups is 2. The van der Waals surface area contributed by atoms with Gasteiger partial charge in [-0.1, -0.05) is 41.4 Å². The molecule has 1 amide bonds. The summed E-state index contributed by atoms with van der Waals surface area (Å²) < 4.78 is 38.8. The van der Waals surface area contributed by atoms with Gasteiger partial charge < -0.3 is 15.1 Å². The number of rotatable bonds is 7. The molecule has 1 fully saturated rings. The van der Waals surface area contributed by atoms with E-state index in [1.165, 1.54) is 18.2 Å². The number of hydrogen-bond donors (Lipinski definition) is 1. The number of hydroxylamine groups is 2. The van der Waals surface area contributed by atoms with Gasteiger partial charge in [0.1, 0.15) is 5.82 Å². The summed E-state index contributed by atoms with van der Waals surface area (Å²) in [6.45, 7) is -0.245. The van der Waals surface area contributed by atoms with Gasteiger partial charge in [-0.05, 0) is 62.3 Å². The molecule has 0 unspecified atom stereocenters. The van der Waals surface area contributed by atoms with Crippen LogP contribution in [0.25, 0.3) is 10.9 Å². The van der Waals surface area contributed by atoms with Crippen molar-refractivity contribution in [3.8, 4) is 0 Å². The fourth-order valence-corrected chi connectivity index (χ4v) is 5.27. The van der Waals surface area contributed by atoms with E-state index in [2.05, 4.69) is 20.1 Å². The van der Waals surface area contributed by atoms with Crippen molar-refractivity contribution in [3.63, 3.8) is 0 Å². The zero-order valence-corrected chi connectivity index (χ0v) is 23.4. The fourth-order valence-electron chi connectivity index (χ4n) is 4.71. The maximum Gasteiger partial charge on any atom is 0.493 e. The lowest BCUT2D eigenvalue weighted by atomic mass is 9.84. The molecule has 0 atom stereocenters. The highest BCUT2D eigenvalue weighted by molar-refractivity contribution is 6.39. The third kappa shape index (κ3) is 7.06. The Labute approximate surface area is 239 Å². The van der Waals surface area contributed by atoms with E-state index < -0.39 is 18.1 Å². The fraction of sp³-hybridized carbons (Fsp3) is 0.407. The van der Waals surface area contributed by atoms with Gasteiger partial charge in [0.25, 0.3) is 5.91 Å². The molecule has 214 valence electrons. The zero-order chi connectivity index (χ0) is 29.0. The molecule has 1 saturated carbocycles. The molecule has 1 heterocycles. The van der Waals surface area contributed by atoms with E-state index in [-0.39, 0.29) is 34.1 Å². The molecule has 8 nitrogen and oxygen atoms in total. The van der Waals surface area contributed by atoms with Gasteiger partial charge in [0.2, 0.25) is 5.95 Å². The van der Waals surface area contributed by atoms with Gasteiger partial charge in [0, 0.05) is 25.5 Å². The van der Waals surface area contributed by atoms with Crippen molar-refractivity contribution in [1.29, 1.82) is 0 Å². The van der Waals surface area contributed by atoms with Crippen molar-refractivity contribution in [3.05, 3.63) is 58.1 Å². The van der Waals surface area contributed by atoms with E-state index in [0.717, 1.165) is 42.4 Å². The molecule has 0 spiro atoms. The van der Waals surface area contributed by atoms with Crippen LogP contribution in [0.4, 0.5) is 24.9 Å². The Morgan fingerprint density at radius 3 is 2.27 bits per heavy atom. The number of nitrogens with one attached hydrogen (secondary N) is 1. The Kier molecular flexibility index (Phi) is 9.25. The first-order valence-corrected chi connectivity index (χ1v) is 13.4. The second-order valence-corrected chi connectivity index (χ2v) is 10.6. The molecule has 0 radical (unpaired) electrons. The van der Waals surface area contributed by atoms with Gasteiger partial charge in [0.15, 0.2) is 0 Å². The number of fused-ring (bicyclic) bond motifs is 1. The highest BCUT2D eigenvalue weighted by atomic mass is 35.5. The van der Waals surface area contributed by atoms with Crippen molar-refractivity contribution < 1.29 is 27.6 Å². The van der Waals surface area contributed by atoms with E-state index in [4.69, 9.17) is 23.2 Å². The quantitative estimate of drug-likeness (QED) is 0.310. The van der Waals surface area contributed by atoms with Gasteiger partial charge in [-0.3, -0.25) is 4.79 Å². The van der Waals surface area contributed by atoms with Crippen LogP contribution in [-0.2, 0) is 9.63 Å². The number of carbonyl (C=O) groups excluding carboxylic acids is 2. The highest BCUT2D eigenvalue weighted by Crippen LogP contribution is 2.32. The first-order valence-electron chi connectivity index (χ1n) is 12.7. The second-order valence-electron chi connectivity index (χ2n) is 9.81. The summed E-state index contributed by atoms with van der Waals surface area (Å²) in [6.07, 6.45) is -1.93. The van der Waals surface area contributed by atoms with E-state index in [1.807, 2.05) is 43.3 Å². The minimum atomic E-state index is -5.27. The number of amides is 1. The zero-order valence-electron chi connectivity index (χ0n) is 21.8. The lowest BCUT2D eigenvalue weighted by molar-refractivity contribution is -0.228. The standard InChI is InChI=1S/C27H28Cl2F3N5O3/c1-36(2)23-18-6-3-4-9-21(18)34-26(35-23)33-17-12-10-16(11-13-17)14-15-37(40-25(39)27(30,31)32)24(38)22-19(28)7-5-8-20(22)29/h3-9,16-17H,10-15H2,1-2H3,(H,33,34,35). The topological polar surface area (TPSA) is 87.7 Å². The van der Waals surface area contributed by atoms with Crippen LogP contribution in [0.1, 0.15) is 42.5 Å². The van der Waals surface area contributed by atoms with Crippen molar-refractivity contribution in [1.82, 2.24) is 15.0 Å². The van der Waals surface area contributed by atoms with Gasteiger partial charge in [0.05, 0.1) is 27.7 Å². The molecule has 1 aromatic heterocycles. The number of hydrogen-bond acceptors (Lipinski definition) is 7. The van der Waals surface area contributed by atoms with Crippen LogP contribution < -0.4 is 10.2 Å². The van der Waals surface area contributed by atoms with E-state index in [9.17, 15) is 22.8 Å². The minimum absolute atomic E-state index is 0.0644. The van der Waals surface area contributed by atoms with Crippen molar-refractivity contribution in [2.24, 2.45) is 5.92 Å². The molecule has 0 aliphatic heterocycles. The number of nitrogens with zero attached hydrogens (tertiary/aromatic N) is 4. The molecule has 1 aliphatic rings.